The maximum absolute atomic E-state index is 13.4. The molecule has 0 saturated carbocycles. The van der Waals surface area contributed by atoms with E-state index >= 15 is 0 Å². The molecule has 0 unspecified atom stereocenters. The Morgan fingerprint density at radius 1 is 1.09 bits per heavy atom. The number of ether oxygens (including phenoxy) is 1. The highest BCUT2D eigenvalue weighted by atomic mass is 28.4. The molecule has 2 aliphatic carbocycles. The highest BCUT2D eigenvalue weighted by Gasteiger charge is 2.59. The number of phenolic OH excluding ortho intramolecular Hbond substituents is 2. The number of carbonyl (C=O) groups is 3. The van der Waals surface area contributed by atoms with E-state index in [-0.39, 0.29) is 40.2 Å². The Balaban J connectivity index is 1.73. The molecule has 1 saturated heterocycles. The number of rotatable bonds is 6. The van der Waals surface area contributed by atoms with E-state index in [1.54, 1.807) is 6.08 Å². The Hall–Kier alpha value is -3.23. The molecule has 7 nitrogen and oxygen atoms in total. The lowest BCUT2D eigenvalue weighted by molar-refractivity contribution is -0.173. The maximum atomic E-state index is 13.4. The van der Waals surface area contributed by atoms with E-state index in [0.29, 0.717) is 11.1 Å². The third-order valence-corrected chi connectivity index (χ3v) is 12.8. The fraction of sp³-hybridized carbons (Fsp3) is 0.370. The van der Waals surface area contributed by atoms with Gasteiger partial charge in [-0.2, -0.15) is 0 Å². The van der Waals surface area contributed by atoms with Gasteiger partial charge in [-0.3, -0.25) is 14.4 Å². The van der Waals surface area contributed by atoms with Crippen LogP contribution in [-0.4, -0.2) is 41.7 Å². The van der Waals surface area contributed by atoms with Gasteiger partial charge in [-0.15, -0.1) is 6.58 Å². The summed E-state index contributed by atoms with van der Waals surface area (Å²) in [7, 11) is -2.20. The van der Waals surface area contributed by atoms with Gasteiger partial charge in [-0.05, 0) is 35.8 Å². The lowest BCUT2D eigenvalue weighted by atomic mass is 9.66. The van der Waals surface area contributed by atoms with E-state index in [2.05, 4.69) is 27.4 Å². The van der Waals surface area contributed by atoms with E-state index in [9.17, 15) is 24.6 Å². The molecule has 2 aromatic carbocycles. The summed E-state index contributed by atoms with van der Waals surface area (Å²) >= 11 is 0. The molecule has 2 bridgehead atoms. The van der Waals surface area contributed by atoms with Crippen LogP contribution in [0.25, 0.3) is 0 Å². The van der Waals surface area contributed by atoms with Gasteiger partial charge in [0.2, 0.25) is 5.78 Å². The first-order chi connectivity index (χ1) is 16.7. The van der Waals surface area contributed by atoms with Crippen LogP contribution in [-0.2, 0) is 14.0 Å². The second-order valence-corrected chi connectivity index (χ2v) is 14.3. The number of fused-ring (bicyclic) bond motifs is 4. The molecule has 1 fully saturated rings. The second-order valence-electron chi connectivity index (χ2n) is 9.58. The van der Waals surface area contributed by atoms with Gasteiger partial charge in [-0.25, -0.2) is 0 Å². The van der Waals surface area contributed by atoms with Gasteiger partial charge in [0.05, 0.1) is 16.7 Å². The summed E-state index contributed by atoms with van der Waals surface area (Å²) in [5.74, 6) is -3.25. The molecule has 0 spiro atoms. The lowest BCUT2D eigenvalue weighted by Gasteiger charge is -2.52. The fourth-order valence-electron chi connectivity index (χ4n) is 6.05. The Labute approximate surface area is 204 Å². The second kappa shape index (κ2) is 7.89. The zero-order valence-corrected chi connectivity index (χ0v) is 21.0. The number of ketones is 2. The van der Waals surface area contributed by atoms with E-state index in [4.69, 9.17) is 9.16 Å². The summed E-state index contributed by atoms with van der Waals surface area (Å²) in [4.78, 5) is 39.9. The molecule has 4 aliphatic rings. The lowest BCUT2D eigenvalue weighted by Crippen LogP contribution is -2.57. The van der Waals surface area contributed by atoms with Crippen LogP contribution in [0.4, 0.5) is 0 Å². The number of phenols is 2. The van der Waals surface area contributed by atoms with Crippen molar-refractivity contribution in [3.63, 3.8) is 0 Å². The molecule has 3 atom stereocenters. The van der Waals surface area contributed by atoms with Crippen LogP contribution in [0.3, 0.4) is 0 Å². The zero-order chi connectivity index (χ0) is 25.3. The van der Waals surface area contributed by atoms with Crippen molar-refractivity contribution < 1.29 is 33.8 Å². The first-order valence-electron chi connectivity index (χ1n) is 12.0. The van der Waals surface area contributed by atoms with Crippen LogP contribution < -0.4 is 0 Å². The molecular formula is C27H28O7Si. The van der Waals surface area contributed by atoms with Crippen LogP contribution in [0.15, 0.2) is 36.9 Å². The van der Waals surface area contributed by atoms with E-state index in [0.717, 1.165) is 18.1 Å². The average Bonchev–Trinajstić information content (AvgIpc) is 2.85. The summed E-state index contributed by atoms with van der Waals surface area (Å²) in [6, 6.07) is 8.44. The Bertz CT molecular complexity index is 1300. The molecule has 8 heteroatoms. The number of benzene rings is 2. The number of carbonyl (C=O) groups excluding carboxylic acids is 3. The molecule has 2 aliphatic heterocycles. The van der Waals surface area contributed by atoms with Gasteiger partial charge in [-0.1, -0.05) is 39.0 Å². The van der Waals surface area contributed by atoms with Crippen molar-refractivity contribution in [3.05, 3.63) is 70.3 Å². The van der Waals surface area contributed by atoms with Crippen LogP contribution >= 0.6 is 0 Å². The molecule has 2 N–H and O–H groups in total. The first kappa shape index (κ1) is 23.5. The van der Waals surface area contributed by atoms with Crippen molar-refractivity contribution in [1.82, 2.24) is 0 Å². The highest BCUT2D eigenvalue weighted by Crippen LogP contribution is 2.58. The Kier molecular flexibility index (Phi) is 5.30. The van der Waals surface area contributed by atoms with Crippen molar-refractivity contribution in [1.29, 1.82) is 0 Å². The normalized spacial score (nSPS) is 24.5. The molecule has 35 heavy (non-hydrogen) atoms. The average molecular weight is 493 g/mol. The SMILES string of the molecule is C=C[C@]1(O[Si](CC)(CC)CC)C[C@H]2OC(=O)[C@@H]1c1cc3c(c(O)c12)C(=O)c1c(O)cccc1C3=O. The van der Waals surface area contributed by atoms with Crippen LogP contribution in [0.2, 0.25) is 18.1 Å². The summed E-state index contributed by atoms with van der Waals surface area (Å²) in [6.45, 7) is 10.3. The van der Waals surface area contributed by atoms with Crippen molar-refractivity contribution in [2.24, 2.45) is 0 Å². The summed E-state index contributed by atoms with van der Waals surface area (Å²) in [5.41, 5.74) is -0.503. The molecule has 6 rings (SSSR count). The van der Waals surface area contributed by atoms with Gasteiger partial charge in [0.1, 0.15) is 23.5 Å². The number of aromatic hydroxyl groups is 2. The minimum atomic E-state index is -2.20. The predicted molar refractivity (Wildman–Crippen MR) is 130 cm³/mol. The number of hydrogen-bond donors (Lipinski definition) is 2. The fourth-order valence-corrected chi connectivity index (χ4v) is 9.07. The minimum absolute atomic E-state index is 0.00708. The smallest absolute Gasteiger partial charge is 0.317 e. The van der Waals surface area contributed by atoms with Crippen molar-refractivity contribution in [2.45, 2.75) is 62.9 Å². The van der Waals surface area contributed by atoms with Gasteiger partial charge in [0.15, 0.2) is 14.1 Å². The van der Waals surface area contributed by atoms with Gasteiger partial charge < -0.3 is 19.4 Å². The molecule has 0 amide bonds. The van der Waals surface area contributed by atoms with E-state index in [1.165, 1.54) is 24.3 Å². The van der Waals surface area contributed by atoms with Crippen LogP contribution in [0, 0.1) is 0 Å². The number of hydrogen-bond acceptors (Lipinski definition) is 7. The van der Waals surface area contributed by atoms with Crippen LogP contribution in [0.1, 0.15) is 82.2 Å². The first-order valence-corrected chi connectivity index (χ1v) is 14.6. The van der Waals surface area contributed by atoms with E-state index in [1.807, 2.05) is 0 Å². The third kappa shape index (κ3) is 3.02. The molecule has 182 valence electrons. The Morgan fingerprint density at radius 3 is 2.40 bits per heavy atom. The standard InChI is InChI=1S/C27H28O7Si/c1-5-27(34-35(6-2,7-3)8-4)13-18-20-15(22(27)26(32)33-18)12-16-21(25(20)31)24(30)19-14(23(16)29)10-9-11-17(19)28/h5,9-12,18,22,28,31H,1,6-8,13H2,2-4H3/t18-,22+,27+/m1/s1. The molecule has 2 heterocycles. The Morgan fingerprint density at radius 2 is 1.77 bits per heavy atom. The van der Waals surface area contributed by atoms with Crippen molar-refractivity contribution in [3.8, 4) is 11.5 Å². The zero-order valence-electron chi connectivity index (χ0n) is 20.0. The number of esters is 1. The largest absolute Gasteiger partial charge is 0.507 e. The van der Waals surface area contributed by atoms with Gasteiger partial charge in [0.25, 0.3) is 0 Å². The molecule has 2 aromatic rings. The van der Waals surface area contributed by atoms with Gasteiger partial charge >= 0.3 is 5.97 Å². The van der Waals surface area contributed by atoms with Crippen LogP contribution in [0.5, 0.6) is 11.5 Å². The van der Waals surface area contributed by atoms with Crippen molar-refractivity contribution in [2.75, 3.05) is 0 Å². The highest BCUT2D eigenvalue weighted by molar-refractivity contribution is 6.73. The maximum Gasteiger partial charge on any atom is 0.317 e. The quantitative estimate of drug-likeness (QED) is 0.286. The van der Waals surface area contributed by atoms with Gasteiger partial charge in [0, 0.05) is 23.1 Å². The summed E-state index contributed by atoms with van der Waals surface area (Å²) < 4.78 is 12.5. The predicted octanol–water partition coefficient (Wildman–Crippen LogP) is 4.91. The molecular weight excluding hydrogens is 464 g/mol. The molecule has 0 radical (unpaired) electrons. The third-order valence-electron chi connectivity index (χ3n) is 8.16. The monoisotopic (exact) mass is 492 g/mol. The topological polar surface area (TPSA) is 110 Å². The molecule has 0 aromatic heterocycles. The summed E-state index contributed by atoms with van der Waals surface area (Å²) in [5, 5.41) is 21.6. The van der Waals surface area contributed by atoms with E-state index < -0.39 is 43.5 Å². The minimum Gasteiger partial charge on any atom is -0.507 e. The summed E-state index contributed by atoms with van der Waals surface area (Å²) in [6.07, 6.45) is 1.09. The van der Waals surface area contributed by atoms with Crippen molar-refractivity contribution >= 4 is 25.9 Å².